The Balaban J connectivity index is 1.56. The van der Waals surface area contributed by atoms with Gasteiger partial charge in [-0.05, 0) is 55.2 Å². The summed E-state index contributed by atoms with van der Waals surface area (Å²) in [5.74, 6) is 0.951. The van der Waals surface area contributed by atoms with Gasteiger partial charge in [0.2, 0.25) is 0 Å². The molecular weight excluding hydrogens is 408 g/mol. The molecule has 138 valence electrons. The van der Waals surface area contributed by atoms with Crippen LogP contribution in [0.2, 0.25) is 0 Å². The van der Waals surface area contributed by atoms with Crippen LogP contribution < -0.4 is 4.74 Å². The number of aryl methyl sites for hydroxylation is 2. The van der Waals surface area contributed by atoms with Gasteiger partial charge in [0.1, 0.15) is 17.7 Å². The zero-order valence-corrected chi connectivity index (χ0v) is 16.7. The van der Waals surface area contributed by atoms with E-state index in [9.17, 15) is 4.79 Å². The largest absolute Gasteiger partial charge is 0.497 e. The summed E-state index contributed by atoms with van der Waals surface area (Å²) < 4.78 is 12.1. The predicted molar refractivity (Wildman–Crippen MR) is 106 cm³/mol. The van der Waals surface area contributed by atoms with Gasteiger partial charge in [-0.25, -0.2) is 9.78 Å². The second-order valence-corrected chi connectivity index (χ2v) is 7.48. The number of rotatable bonds is 4. The molecule has 0 aliphatic heterocycles. The number of halogens is 1. The number of hydrogen-bond donors (Lipinski definition) is 1. The van der Waals surface area contributed by atoms with Crippen LogP contribution in [0, 0.1) is 6.92 Å². The topological polar surface area (TPSA) is 64.2 Å². The third-order valence-electron chi connectivity index (χ3n) is 4.80. The second-order valence-electron chi connectivity index (χ2n) is 6.57. The summed E-state index contributed by atoms with van der Waals surface area (Å²) in [7, 11) is 1.62. The molecule has 0 radical (unpaired) electrons. The number of methoxy groups -OCH3 is 1. The molecule has 4 rings (SSSR count). The van der Waals surface area contributed by atoms with Gasteiger partial charge in [0, 0.05) is 15.7 Å². The third-order valence-corrected chi connectivity index (χ3v) is 5.29. The van der Waals surface area contributed by atoms with E-state index in [2.05, 4.69) is 32.0 Å². The monoisotopic (exact) mass is 426 g/mol. The number of aromatic amines is 1. The van der Waals surface area contributed by atoms with Crippen LogP contribution in [-0.2, 0) is 11.2 Å². The van der Waals surface area contributed by atoms with E-state index in [0.717, 1.165) is 34.2 Å². The molecule has 1 aliphatic carbocycles. The Morgan fingerprint density at radius 3 is 2.93 bits per heavy atom. The summed E-state index contributed by atoms with van der Waals surface area (Å²) in [6.07, 6.45) is 1.47. The Morgan fingerprint density at radius 1 is 1.26 bits per heavy atom. The lowest BCUT2D eigenvalue weighted by Crippen LogP contribution is -2.11. The Bertz CT molecular complexity index is 1010. The zero-order chi connectivity index (χ0) is 19.0. The lowest BCUT2D eigenvalue weighted by atomic mass is 10.1. The lowest BCUT2D eigenvalue weighted by molar-refractivity contribution is 0.0294. The molecule has 1 aromatic heterocycles. The number of H-pyrrole nitrogens is 1. The van der Waals surface area contributed by atoms with Crippen molar-refractivity contribution in [3.05, 3.63) is 69.5 Å². The van der Waals surface area contributed by atoms with E-state index in [4.69, 9.17) is 9.47 Å². The SMILES string of the molecule is COc1cccc(-c2nc(C(=O)O[C@@H]3CCc4cc(Br)ccc43)c(C)[nH]2)c1. The van der Waals surface area contributed by atoms with Crippen molar-refractivity contribution in [2.75, 3.05) is 7.11 Å². The summed E-state index contributed by atoms with van der Waals surface area (Å²) in [5.41, 5.74) is 4.16. The van der Waals surface area contributed by atoms with E-state index in [1.165, 1.54) is 5.56 Å². The molecule has 0 amide bonds. The number of carbonyl (C=O) groups excluding carboxylic acids is 1. The molecule has 5 nitrogen and oxygen atoms in total. The van der Waals surface area contributed by atoms with Crippen LogP contribution in [0.5, 0.6) is 5.75 Å². The summed E-state index contributed by atoms with van der Waals surface area (Å²) in [6.45, 7) is 1.83. The van der Waals surface area contributed by atoms with Gasteiger partial charge in [-0.15, -0.1) is 0 Å². The Labute approximate surface area is 165 Å². The Morgan fingerprint density at radius 2 is 2.11 bits per heavy atom. The first kappa shape index (κ1) is 17.8. The van der Waals surface area contributed by atoms with Gasteiger partial charge >= 0.3 is 5.97 Å². The van der Waals surface area contributed by atoms with E-state index in [0.29, 0.717) is 17.2 Å². The van der Waals surface area contributed by atoms with Crippen LogP contribution in [0.4, 0.5) is 0 Å². The van der Waals surface area contributed by atoms with Crippen LogP contribution >= 0.6 is 15.9 Å². The maximum atomic E-state index is 12.7. The molecule has 6 heteroatoms. The van der Waals surface area contributed by atoms with Crippen LogP contribution in [0.1, 0.15) is 39.8 Å². The number of imidazole rings is 1. The minimum absolute atomic E-state index is 0.225. The fourth-order valence-corrected chi connectivity index (χ4v) is 3.83. The molecule has 3 aromatic rings. The number of nitrogens with zero attached hydrogens (tertiary/aromatic N) is 1. The number of fused-ring (bicyclic) bond motifs is 1. The first-order chi connectivity index (χ1) is 13.0. The first-order valence-corrected chi connectivity index (χ1v) is 9.55. The number of esters is 1. The smallest absolute Gasteiger partial charge is 0.359 e. The van der Waals surface area contributed by atoms with Crippen molar-refractivity contribution in [2.24, 2.45) is 0 Å². The number of ether oxygens (including phenoxy) is 2. The minimum Gasteiger partial charge on any atom is -0.497 e. The van der Waals surface area contributed by atoms with Crippen LogP contribution in [-0.4, -0.2) is 23.0 Å². The molecule has 0 fully saturated rings. The molecule has 1 heterocycles. The zero-order valence-electron chi connectivity index (χ0n) is 15.1. The van der Waals surface area contributed by atoms with Crippen molar-refractivity contribution in [1.29, 1.82) is 0 Å². The van der Waals surface area contributed by atoms with E-state index in [1.807, 2.05) is 43.3 Å². The average molecular weight is 427 g/mol. The van der Waals surface area contributed by atoms with Crippen LogP contribution in [0.3, 0.4) is 0 Å². The van der Waals surface area contributed by atoms with E-state index in [1.54, 1.807) is 7.11 Å². The van der Waals surface area contributed by atoms with Gasteiger partial charge in [0.05, 0.1) is 7.11 Å². The van der Waals surface area contributed by atoms with Gasteiger partial charge in [-0.1, -0.05) is 34.1 Å². The second kappa shape index (κ2) is 7.19. The molecule has 0 spiro atoms. The summed E-state index contributed by atoms with van der Waals surface area (Å²) in [4.78, 5) is 20.4. The number of nitrogens with one attached hydrogen (secondary N) is 1. The van der Waals surface area contributed by atoms with E-state index < -0.39 is 5.97 Å². The van der Waals surface area contributed by atoms with Crippen LogP contribution in [0.25, 0.3) is 11.4 Å². The highest BCUT2D eigenvalue weighted by Crippen LogP contribution is 2.36. The number of benzene rings is 2. The minimum atomic E-state index is -0.404. The highest BCUT2D eigenvalue weighted by molar-refractivity contribution is 9.10. The van der Waals surface area contributed by atoms with Gasteiger partial charge in [-0.2, -0.15) is 0 Å². The van der Waals surface area contributed by atoms with Gasteiger partial charge in [0.25, 0.3) is 0 Å². The van der Waals surface area contributed by atoms with Crippen molar-refractivity contribution >= 4 is 21.9 Å². The number of hydrogen-bond acceptors (Lipinski definition) is 4. The molecular formula is C21H19BrN2O3. The number of carbonyl (C=O) groups is 1. The van der Waals surface area contributed by atoms with Crippen LogP contribution in [0.15, 0.2) is 46.9 Å². The Hall–Kier alpha value is -2.60. The molecule has 0 saturated heterocycles. The third kappa shape index (κ3) is 3.49. The first-order valence-electron chi connectivity index (χ1n) is 8.75. The molecule has 2 aromatic carbocycles. The Kier molecular flexibility index (Phi) is 4.74. The molecule has 1 atom stereocenters. The molecule has 0 saturated carbocycles. The van der Waals surface area contributed by atoms with Crippen molar-refractivity contribution in [1.82, 2.24) is 9.97 Å². The normalized spacial score (nSPS) is 15.4. The van der Waals surface area contributed by atoms with Gasteiger partial charge in [-0.3, -0.25) is 0 Å². The van der Waals surface area contributed by atoms with Gasteiger partial charge in [0.15, 0.2) is 5.69 Å². The molecule has 0 bridgehead atoms. The van der Waals surface area contributed by atoms with Crippen molar-refractivity contribution in [3.8, 4) is 17.1 Å². The average Bonchev–Trinajstić information content (AvgIpc) is 3.25. The summed E-state index contributed by atoms with van der Waals surface area (Å²) in [5, 5.41) is 0. The molecule has 1 N–H and O–H groups in total. The fourth-order valence-electron chi connectivity index (χ4n) is 3.42. The molecule has 0 unspecified atom stereocenters. The molecule has 1 aliphatic rings. The fraction of sp³-hybridized carbons (Fsp3) is 0.238. The van der Waals surface area contributed by atoms with Crippen molar-refractivity contribution in [3.63, 3.8) is 0 Å². The lowest BCUT2D eigenvalue weighted by Gasteiger charge is -2.12. The van der Waals surface area contributed by atoms with E-state index in [-0.39, 0.29) is 6.10 Å². The van der Waals surface area contributed by atoms with Crippen molar-refractivity contribution < 1.29 is 14.3 Å². The quantitative estimate of drug-likeness (QED) is 0.596. The molecule has 27 heavy (non-hydrogen) atoms. The van der Waals surface area contributed by atoms with Crippen molar-refractivity contribution in [2.45, 2.75) is 25.9 Å². The highest BCUT2D eigenvalue weighted by atomic mass is 79.9. The van der Waals surface area contributed by atoms with Gasteiger partial charge < -0.3 is 14.5 Å². The standard InChI is InChI=1S/C21H19BrN2O3/c1-12-19(24-20(23-12)14-4-3-5-16(11-14)26-2)21(25)27-18-9-6-13-10-15(22)7-8-17(13)18/h3-5,7-8,10-11,18H,6,9H2,1-2H3,(H,23,24)/t18-/m1/s1. The maximum Gasteiger partial charge on any atom is 0.359 e. The predicted octanol–water partition coefficient (Wildman–Crippen LogP) is 5.00. The number of aromatic nitrogens is 2. The summed E-state index contributed by atoms with van der Waals surface area (Å²) in [6, 6.07) is 13.6. The highest BCUT2D eigenvalue weighted by Gasteiger charge is 2.28. The van der Waals surface area contributed by atoms with E-state index >= 15 is 0 Å². The maximum absolute atomic E-state index is 12.7. The summed E-state index contributed by atoms with van der Waals surface area (Å²) >= 11 is 3.49.